The molecule has 0 aromatic carbocycles. The van der Waals surface area contributed by atoms with Crippen molar-refractivity contribution in [2.24, 2.45) is 5.73 Å². The number of aliphatic hydroxyl groups excluding tert-OH is 1. The molecule has 0 aromatic rings. The molecule has 2 unspecified atom stereocenters. The molecule has 0 fully saturated rings. The number of hydrogen-bond donors (Lipinski definition) is 3. The van der Waals surface area contributed by atoms with Crippen LogP contribution in [0.3, 0.4) is 0 Å². The van der Waals surface area contributed by atoms with Crippen molar-refractivity contribution in [1.29, 1.82) is 0 Å². The van der Waals surface area contributed by atoms with Crippen LogP contribution in [0.1, 0.15) is 46.5 Å². The van der Waals surface area contributed by atoms with Gasteiger partial charge in [-0.25, -0.2) is 0 Å². The molecule has 0 aliphatic rings. The Bertz CT molecular complexity index is 141. The SMILES string of the molecule is CCCC(C)(CN)NC(CC)CCO. The van der Waals surface area contributed by atoms with Gasteiger partial charge in [0.1, 0.15) is 0 Å². The Balaban J connectivity index is 4.11. The van der Waals surface area contributed by atoms with Gasteiger partial charge in [0, 0.05) is 24.7 Å². The predicted octanol–water partition coefficient (Wildman–Crippen LogP) is 1.25. The largest absolute Gasteiger partial charge is 0.396 e. The predicted molar refractivity (Wildman–Crippen MR) is 61.3 cm³/mol. The number of hydrogen-bond acceptors (Lipinski definition) is 3. The van der Waals surface area contributed by atoms with E-state index in [4.69, 9.17) is 10.8 Å². The maximum atomic E-state index is 8.90. The molecule has 14 heavy (non-hydrogen) atoms. The lowest BCUT2D eigenvalue weighted by Crippen LogP contribution is -2.53. The summed E-state index contributed by atoms with van der Waals surface area (Å²) in [6, 6.07) is 0.389. The van der Waals surface area contributed by atoms with Gasteiger partial charge in [0.15, 0.2) is 0 Å². The topological polar surface area (TPSA) is 58.3 Å². The van der Waals surface area contributed by atoms with Crippen LogP contribution in [-0.4, -0.2) is 29.8 Å². The summed E-state index contributed by atoms with van der Waals surface area (Å²) < 4.78 is 0. The summed E-state index contributed by atoms with van der Waals surface area (Å²) in [4.78, 5) is 0. The highest BCUT2D eigenvalue weighted by Crippen LogP contribution is 2.13. The lowest BCUT2D eigenvalue weighted by atomic mass is 9.94. The Morgan fingerprint density at radius 2 is 2.07 bits per heavy atom. The van der Waals surface area contributed by atoms with E-state index in [-0.39, 0.29) is 12.1 Å². The fourth-order valence-electron chi connectivity index (χ4n) is 1.81. The second-order valence-electron chi connectivity index (χ2n) is 4.28. The van der Waals surface area contributed by atoms with Gasteiger partial charge in [-0.3, -0.25) is 0 Å². The Morgan fingerprint density at radius 3 is 2.43 bits per heavy atom. The highest BCUT2D eigenvalue weighted by molar-refractivity contribution is 4.86. The Hall–Kier alpha value is -0.120. The molecule has 2 atom stereocenters. The first-order valence-corrected chi connectivity index (χ1v) is 5.70. The van der Waals surface area contributed by atoms with Gasteiger partial charge in [0.2, 0.25) is 0 Å². The molecule has 0 aliphatic heterocycles. The van der Waals surface area contributed by atoms with Gasteiger partial charge in [-0.1, -0.05) is 20.3 Å². The molecule has 3 nitrogen and oxygen atoms in total. The van der Waals surface area contributed by atoms with E-state index in [9.17, 15) is 0 Å². The van der Waals surface area contributed by atoms with Gasteiger partial charge in [0.25, 0.3) is 0 Å². The fourth-order valence-corrected chi connectivity index (χ4v) is 1.81. The van der Waals surface area contributed by atoms with Crippen LogP contribution >= 0.6 is 0 Å². The van der Waals surface area contributed by atoms with Crippen molar-refractivity contribution in [3.05, 3.63) is 0 Å². The van der Waals surface area contributed by atoms with Crippen molar-refractivity contribution >= 4 is 0 Å². The van der Waals surface area contributed by atoms with E-state index in [1.807, 2.05) is 0 Å². The molecule has 0 saturated carbocycles. The first kappa shape index (κ1) is 13.9. The molecule has 0 aromatic heterocycles. The van der Waals surface area contributed by atoms with Gasteiger partial charge < -0.3 is 16.2 Å². The Kier molecular flexibility index (Phi) is 7.15. The quantitative estimate of drug-likeness (QED) is 0.555. The summed E-state index contributed by atoms with van der Waals surface area (Å²) >= 11 is 0. The summed E-state index contributed by atoms with van der Waals surface area (Å²) in [5, 5.41) is 12.4. The van der Waals surface area contributed by atoms with Gasteiger partial charge >= 0.3 is 0 Å². The standard InChI is InChI=1S/C11H26N2O/c1-4-7-11(3,9-12)13-10(5-2)6-8-14/h10,13-14H,4-9,12H2,1-3H3. The van der Waals surface area contributed by atoms with E-state index in [2.05, 4.69) is 26.1 Å². The van der Waals surface area contributed by atoms with E-state index in [0.717, 1.165) is 25.7 Å². The van der Waals surface area contributed by atoms with Crippen LogP contribution in [0.15, 0.2) is 0 Å². The third-order valence-electron chi connectivity index (χ3n) is 2.78. The molecule has 0 aliphatic carbocycles. The van der Waals surface area contributed by atoms with E-state index in [1.54, 1.807) is 0 Å². The van der Waals surface area contributed by atoms with Crippen molar-refractivity contribution in [2.45, 2.75) is 58.0 Å². The summed E-state index contributed by atoms with van der Waals surface area (Å²) in [5.41, 5.74) is 5.80. The number of nitrogens with two attached hydrogens (primary N) is 1. The Morgan fingerprint density at radius 1 is 1.43 bits per heavy atom. The zero-order valence-electron chi connectivity index (χ0n) is 9.84. The molecule has 0 bridgehead atoms. The smallest absolute Gasteiger partial charge is 0.0445 e. The minimum atomic E-state index is 0.0323. The molecular formula is C11H26N2O. The molecule has 0 radical (unpaired) electrons. The zero-order valence-corrected chi connectivity index (χ0v) is 9.84. The van der Waals surface area contributed by atoms with Crippen molar-refractivity contribution in [1.82, 2.24) is 5.32 Å². The maximum Gasteiger partial charge on any atom is 0.0445 e. The van der Waals surface area contributed by atoms with Crippen molar-refractivity contribution < 1.29 is 5.11 Å². The normalized spacial score (nSPS) is 17.8. The monoisotopic (exact) mass is 202 g/mol. The van der Waals surface area contributed by atoms with E-state index >= 15 is 0 Å². The maximum absolute atomic E-state index is 8.90. The highest BCUT2D eigenvalue weighted by Gasteiger charge is 2.23. The van der Waals surface area contributed by atoms with E-state index in [1.165, 1.54) is 0 Å². The van der Waals surface area contributed by atoms with Crippen molar-refractivity contribution in [3.63, 3.8) is 0 Å². The minimum absolute atomic E-state index is 0.0323. The molecule has 0 spiro atoms. The second kappa shape index (κ2) is 7.21. The molecule has 0 heterocycles. The number of rotatable bonds is 8. The summed E-state index contributed by atoms with van der Waals surface area (Å²) in [6.07, 6.45) is 4.08. The molecule has 0 saturated heterocycles. The van der Waals surface area contributed by atoms with Crippen LogP contribution in [0, 0.1) is 0 Å². The summed E-state index contributed by atoms with van der Waals surface area (Å²) in [7, 11) is 0. The van der Waals surface area contributed by atoms with Crippen LogP contribution < -0.4 is 11.1 Å². The number of aliphatic hydroxyl groups is 1. The van der Waals surface area contributed by atoms with Crippen LogP contribution in [0.5, 0.6) is 0 Å². The van der Waals surface area contributed by atoms with Crippen molar-refractivity contribution in [3.8, 4) is 0 Å². The van der Waals surface area contributed by atoms with Gasteiger partial charge in [0.05, 0.1) is 0 Å². The lowest BCUT2D eigenvalue weighted by molar-refractivity contribution is 0.227. The lowest BCUT2D eigenvalue weighted by Gasteiger charge is -2.33. The number of nitrogens with one attached hydrogen (secondary N) is 1. The molecule has 3 heteroatoms. The van der Waals surface area contributed by atoms with E-state index in [0.29, 0.717) is 12.6 Å². The fraction of sp³-hybridized carbons (Fsp3) is 1.00. The first-order chi connectivity index (χ1) is 6.61. The first-order valence-electron chi connectivity index (χ1n) is 5.70. The molecule has 4 N–H and O–H groups in total. The zero-order chi connectivity index (χ0) is 11.0. The van der Waals surface area contributed by atoms with Crippen LogP contribution in [0.4, 0.5) is 0 Å². The molecular weight excluding hydrogens is 176 g/mol. The second-order valence-corrected chi connectivity index (χ2v) is 4.28. The highest BCUT2D eigenvalue weighted by atomic mass is 16.3. The molecule has 86 valence electrons. The van der Waals surface area contributed by atoms with Gasteiger partial charge in [-0.15, -0.1) is 0 Å². The van der Waals surface area contributed by atoms with Crippen LogP contribution in [-0.2, 0) is 0 Å². The third-order valence-corrected chi connectivity index (χ3v) is 2.78. The van der Waals surface area contributed by atoms with Crippen LogP contribution in [0.2, 0.25) is 0 Å². The average Bonchev–Trinajstić information content (AvgIpc) is 2.17. The van der Waals surface area contributed by atoms with Crippen molar-refractivity contribution in [2.75, 3.05) is 13.2 Å². The van der Waals surface area contributed by atoms with E-state index < -0.39 is 0 Å². The third kappa shape index (κ3) is 4.94. The molecule has 0 amide bonds. The van der Waals surface area contributed by atoms with Gasteiger partial charge in [-0.2, -0.15) is 0 Å². The Labute approximate surface area is 88.1 Å². The van der Waals surface area contributed by atoms with Gasteiger partial charge in [-0.05, 0) is 26.2 Å². The summed E-state index contributed by atoms with van der Waals surface area (Å²) in [5.74, 6) is 0. The molecule has 0 rings (SSSR count). The average molecular weight is 202 g/mol. The minimum Gasteiger partial charge on any atom is -0.396 e. The summed E-state index contributed by atoms with van der Waals surface area (Å²) in [6.45, 7) is 7.37. The van der Waals surface area contributed by atoms with Crippen LogP contribution in [0.25, 0.3) is 0 Å².